The summed E-state index contributed by atoms with van der Waals surface area (Å²) < 4.78 is 26.6. The summed E-state index contributed by atoms with van der Waals surface area (Å²) in [5.41, 5.74) is 1.68. The molecule has 100 valence electrons. The third-order valence-corrected chi connectivity index (χ3v) is 5.56. The minimum atomic E-state index is -3.48. The fraction of sp³-hybridized carbons (Fsp3) is 0.538. The van der Waals surface area contributed by atoms with Gasteiger partial charge in [-0.3, -0.25) is 0 Å². The van der Waals surface area contributed by atoms with Crippen LogP contribution in [0.1, 0.15) is 24.0 Å². The molecule has 5 heteroatoms. The molecule has 4 nitrogen and oxygen atoms in total. The number of hydrogen-bond donors (Lipinski definition) is 1. The van der Waals surface area contributed by atoms with E-state index in [4.69, 9.17) is 0 Å². The van der Waals surface area contributed by atoms with Crippen LogP contribution in [0.3, 0.4) is 0 Å². The molecule has 0 radical (unpaired) electrons. The van der Waals surface area contributed by atoms with E-state index in [0.717, 1.165) is 24.0 Å². The smallest absolute Gasteiger partial charge is 0.243 e. The van der Waals surface area contributed by atoms with Gasteiger partial charge < -0.3 is 5.11 Å². The van der Waals surface area contributed by atoms with Crippen LogP contribution in [-0.4, -0.2) is 37.0 Å². The molecule has 1 aliphatic rings. The van der Waals surface area contributed by atoms with Crippen LogP contribution in [0.4, 0.5) is 0 Å². The molecule has 1 fully saturated rings. The first-order valence-electron chi connectivity index (χ1n) is 6.17. The largest absolute Gasteiger partial charge is 0.395 e. The lowest BCUT2D eigenvalue weighted by Crippen LogP contribution is -2.37. The second kappa shape index (κ2) is 4.99. The third kappa shape index (κ3) is 2.30. The zero-order valence-electron chi connectivity index (χ0n) is 10.8. The normalized spacial score (nSPS) is 21.4. The molecule has 1 aliphatic heterocycles. The number of rotatable bonds is 3. The van der Waals surface area contributed by atoms with Crippen LogP contribution in [0, 0.1) is 13.8 Å². The Morgan fingerprint density at radius 3 is 2.78 bits per heavy atom. The molecule has 0 aromatic heterocycles. The summed E-state index contributed by atoms with van der Waals surface area (Å²) in [4.78, 5) is 0.364. The van der Waals surface area contributed by atoms with Crippen molar-refractivity contribution in [2.24, 2.45) is 0 Å². The van der Waals surface area contributed by atoms with Crippen molar-refractivity contribution in [2.75, 3.05) is 13.2 Å². The van der Waals surface area contributed by atoms with Crippen molar-refractivity contribution in [1.29, 1.82) is 0 Å². The van der Waals surface area contributed by atoms with Crippen LogP contribution in [0.2, 0.25) is 0 Å². The molecule has 1 atom stereocenters. The molecule has 0 amide bonds. The Balaban J connectivity index is 2.45. The van der Waals surface area contributed by atoms with Crippen molar-refractivity contribution in [3.05, 3.63) is 29.3 Å². The Morgan fingerprint density at radius 1 is 1.39 bits per heavy atom. The number of aliphatic hydroxyl groups excluding tert-OH is 1. The number of benzene rings is 1. The second-order valence-corrected chi connectivity index (χ2v) is 6.72. The van der Waals surface area contributed by atoms with Crippen molar-refractivity contribution in [2.45, 2.75) is 37.6 Å². The predicted molar refractivity (Wildman–Crippen MR) is 69.9 cm³/mol. The van der Waals surface area contributed by atoms with Crippen LogP contribution in [0.5, 0.6) is 0 Å². The summed E-state index contributed by atoms with van der Waals surface area (Å²) in [5, 5.41) is 9.26. The lowest BCUT2D eigenvalue weighted by atomic mass is 10.2. The van der Waals surface area contributed by atoms with Gasteiger partial charge in [-0.05, 0) is 43.9 Å². The number of sulfonamides is 1. The van der Waals surface area contributed by atoms with E-state index in [9.17, 15) is 13.5 Å². The van der Waals surface area contributed by atoms with Gasteiger partial charge in [0.05, 0.1) is 11.5 Å². The van der Waals surface area contributed by atoms with E-state index < -0.39 is 10.0 Å². The summed E-state index contributed by atoms with van der Waals surface area (Å²) in [6, 6.07) is 5.17. The number of aliphatic hydroxyl groups is 1. The SMILES string of the molecule is Cc1ccc(C)c(S(=O)(=O)N2CCC[C@@H]2CO)c1. The second-order valence-electron chi connectivity index (χ2n) is 4.86. The van der Waals surface area contributed by atoms with E-state index in [1.165, 1.54) is 4.31 Å². The van der Waals surface area contributed by atoms with Gasteiger partial charge in [0.15, 0.2) is 0 Å². The summed E-state index contributed by atoms with van der Waals surface area (Å²) in [6.07, 6.45) is 1.55. The topological polar surface area (TPSA) is 57.6 Å². The van der Waals surface area contributed by atoms with Gasteiger partial charge in [0.1, 0.15) is 0 Å². The van der Waals surface area contributed by atoms with Gasteiger partial charge in [-0.1, -0.05) is 12.1 Å². The quantitative estimate of drug-likeness (QED) is 0.903. The molecule has 1 N–H and O–H groups in total. The standard InChI is InChI=1S/C13H19NO3S/c1-10-5-6-11(2)13(8-10)18(16,17)14-7-3-4-12(14)9-15/h5-6,8,12,15H,3-4,7,9H2,1-2H3/t12-/m1/s1. The molecule has 18 heavy (non-hydrogen) atoms. The average Bonchev–Trinajstić information content (AvgIpc) is 2.81. The first kappa shape index (κ1) is 13.5. The maximum Gasteiger partial charge on any atom is 0.243 e. The molecule has 0 saturated carbocycles. The molecule has 0 unspecified atom stereocenters. The summed E-state index contributed by atoms with van der Waals surface area (Å²) in [7, 11) is -3.48. The highest BCUT2D eigenvalue weighted by molar-refractivity contribution is 7.89. The van der Waals surface area contributed by atoms with Gasteiger partial charge in [-0.2, -0.15) is 4.31 Å². The lowest BCUT2D eigenvalue weighted by molar-refractivity contribution is 0.213. The van der Waals surface area contributed by atoms with E-state index in [0.29, 0.717) is 11.4 Å². The van der Waals surface area contributed by atoms with Crippen molar-refractivity contribution in [1.82, 2.24) is 4.31 Å². The molecule has 1 saturated heterocycles. The van der Waals surface area contributed by atoms with Gasteiger partial charge in [0, 0.05) is 12.6 Å². The fourth-order valence-corrected chi connectivity index (χ4v) is 4.42. The fourth-order valence-electron chi connectivity index (χ4n) is 2.42. The molecular formula is C13H19NO3S. The summed E-state index contributed by atoms with van der Waals surface area (Å²) >= 11 is 0. The first-order chi connectivity index (χ1) is 8.46. The predicted octanol–water partition coefficient (Wildman–Crippen LogP) is 1.45. The third-order valence-electron chi connectivity index (χ3n) is 3.46. The van der Waals surface area contributed by atoms with Crippen LogP contribution in [0.15, 0.2) is 23.1 Å². The molecule has 1 aromatic rings. The first-order valence-corrected chi connectivity index (χ1v) is 7.61. The maximum absolute atomic E-state index is 12.6. The van der Waals surface area contributed by atoms with E-state index in [1.807, 2.05) is 19.1 Å². The molecular weight excluding hydrogens is 250 g/mol. The summed E-state index contributed by atoms with van der Waals surface area (Å²) in [5.74, 6) is 0. The van der Waals surface area contributed by atoms with Crippen LogP contribution in [-0.2, 0) is 10.0 Å². The van der Waals surface area contributed by atoms with E-state index in [2.05, 4.69) is 0 Å². The van der Waals surface area contributed by atoms with E-state index >= 15 is 0 Å². The highest BCUT2D eigenvalue weighted by atomic mass is 32.2. The van der Waals surface area contributed by atoms with Gasteiger partial charge >= 0.3 is 0 Å². The van der Waals surface area contributed by atoms with E-state index in [1.54, 1.807) is 13.0 Å². The Labute approximate surface area is 108 Å². The van der Waals surface area contributed by atoms with Gasteiger partial charge in [-0.25, -0.2) is 8.42 Å². The Morgan fingerprint density at radius 2 is 2.11 bits per heavy atom. The van der Waals surface area contributed by atoms with Crippen molar-refractivity contribution < 1.29 is 13.5 Å². The zero-order valence-corrected chi connectivity index (χ0v) is 11.6. The molecule has 1 heterocycles. The Bertz CT molecular complexity index is 539. The monoisotopic (exact) mass is 269 g/mol. The minimum absolute atomic E-state index is 0.107. The van der Waals surface area contributed by atoms with Crippen molar-refractivity contribution in [3.8, 4) is 0 Å². The highest BCUT2D eigenvalue weighted by Crippen LogP contribution is 2.28. The van der Waals surface area contributed by atoms with Crippen molar-refractivity contribution >= 4 is 10.0 Å². The molecule has 0 aliphatic carbocycles. The Kier molecular flexibility index (Phi) is 3.75. The highest BCUT2D eigenvalue weighted by Gasteiger charge is 2.35. The van der Waals surface area contributed by atoms with Gasteiger partial charge in [0.25, 0.3) is 0 Å². The van der Waals surface area contributed by atoms with Crippen molar-refractivity contribution in [3.63, 3.8) is 0 Å². The molecule has 1 aromatic carbocycles. The maximum atomic E-state index is 12.6. The number of nitrogens with zero attached hydrogens (tertiary/aromatic N) is 1. The Hall–Kier alpha value is -0.910. The van der Waals surface area contributed by atoms with Gasteiger partial charge in [0.2, 0.25) is 10.0 Å². The van der Waals surface area contributed by atoms with Crippen LogP contribution in [0.25, 0.3) is 0 Å². The zero-order chi connectivity index (χ0) is 13.3. The number of aryl methyl sites for hydroxylation is 2. The van der Waals surface area contributed by atoms with Gasteiger partial charge in [-0.15, -0.1) is 0 Å². The average molecular weight is 269 g/mol. The minimum Gasteiger partial charge on any atom is -0.395 e. The summed E-state index contributed by atoms with van der Waals surface area (Å²) in [6.45, 7) is 4.08. The van der Waals surface area contributed by atoms with E-state index in [-0.39, 0.29) is 12.6 Å². The molecule has 2 rings (SSSR count). The van der Waals surface area contributed by atoms with Crippen LogP contribution >= 0.6 is 0 Å². The number of hydrogen-bond acceptors (Lipinski definition) is 3. The molecule has 0 spiro atoms. The lowest BCUT2D eigenvalue weighted by Gasteiger charge is -2.23. The van der Waals surface area contributed by atoms with Crippen LogP contribution < -0.4 is 0 Å². The molecule has 0 bridgehead atoms.